The number of morpholine rings is 1. The second kappa shape index (κ2) is 4.61. The summed E-state index contributed by atoms with van der Waals surface area (Å²) < 4.78 is 13.4. The number of benzene rings is 1. The molecule has 0 saturated carbocycles. The standard InChI is InChI=1S/C15H17N3O2/c1-18-8-11(7-17-18)10-2-3-12-13(6-10)20-9-14-15(12)16-4-5-19-14/h2-3,6-8,14-16H,4-5,9H2,1H3. The van der Waals surface area contributed by atoms with E-state index >= 15 is 0 Å². The van der Waals surface area contributed by atoms with Gasteiger partial charge in [-0.25, -0.2) is 0 Å². The van der Waals surface area contributed by atoms with Crippen LogP contribution in [0.1, 0.15) is 11.6 Å². The highest BCUT2D eigenvalue weighted by molar-refractivity contribution is 5.65. The first-order chi connectivity index (χ1) is 9.81. The van der Waals surface area contributed by atoms with E-state index in [9.17, 15) is 0 Å². The predicted molar refractivity (Wildman–Crippen MR) is 74.6 cm³/mol. The summed E-state index contributed by atoms with van der Waals surface area (Å²) in [6.07, 6.45) is 4.01. The fourth-order valence-corrected chi connectivity index (χ4v) is 2.95. The number of aryl methyl sites for hydroxylation is 1. The van der Waals surface area contributed by atoms with Gasteiger partial charge >= 0.3 is 0 Å². The van der Waals surface area contributed by atoms with Gasteiger partial charge in [0.1, 0.15) is 18.5 Å². The molecular formula is C15H17N3O2. The number of hydrogen-bond acceptors (Lipinski definition) is 4. The molecule has 1 aromatic carbocycles. The van der Waals surface area contributed by atoms with Gasteiger partial charge in [0, 0.05) is 30.9 Å². The summed E-state index contributed by atoms with van der Waals surface area (Å²) in [5, 5.41) is 7.73. The summed E-state index contributed by atoms with van der Waals surface area (Å²) in [5.74, 6) is 0.950. The number of fused-ring (bicyclic) bond motifs is 3. The highest BCUT2D eigenvalue weighted by atomic mass is 16.5. The van der Waals surface area contributed by atoms with Gasteiger partial charge in [0.15, 0.2) is 0 Å². The van der Waals surface area contributed by atoms with Gasteiger partial charge in [0.25, 0.3) is 0 Å². The summed E-state index contributed by atoms with van der Waals surface area (Å²) >= 11 is 0. The Bertz CT molecular complexity index is 638. The van der Waals surface area contributed by atoms with Crippen molar-refractivity contribution in [2.75, 3.05) is 19.8 Å². The van der Waals surface area contributed by atoms with E-state index < -0.39 is 0 Å². The summed E-state index contributed by atoms with van der Waals surface area (Å²) in [5.41, 5.74) is 3.43. The lowest BCUT2D eigenvalue weighted by Crippen LogP contribution is -2.47. The van der Waals surface area contributed by atoms with E-state index in [0.717, 1.165) is 30.0 Å². The summed E-state index contributed by atoms with van der Waals surface area (Å²) in [7, 11) is 1.92. The van der Waals surface area contributed by atoms with E-state index in [-0.39, 0.29) is 12.1 Å². The number of rotatable bonds is 1. The Hall–Kier alpha value is -1.85. The first-order valence-electron chi connectivity index (χ1n) is 6.92. The molecule has 4 rings (SSSR count). The maximum absolute atomic E-state index is 5.87. The Labute approximate surface area is 117 Å². The first kappa shape index (κ1) is 11.9. The van der Waals surface area contributed by atoms with E-state index in [4.69, 9.17) is 9.47 Å². The topological polar surface area (TPSA) is 48.3 Å². The van der Waals surface area contributed by atoms with Gasteiger partial charge < -0.3 is 14.8 Å². The van der Waals surface area contributed by atoms with E-state index in [1.165, 1.54) is 5.56 Å². The van der Waals surface area contributed by atoms with Crippen molar-refractivity contribution >= 4 is 0 Å². The minimum absolute atomic E-state index is 0.125. The average Bonchev–Trinajstić information content (AvgIpc) is 2.93. The monoisotopic (exact) mass is 271 g/mol. The Morgan fingerprint density at radius 2 is 2.30 bits per heavy atom. The number of ether oxygens (including phenoxy) is 2. The Kier molecular flexibility index (Phi) is 2.75. The highest BCUT2D eigenvalue weighted by Crippen LogP contribution is 2.37. The molecule has 104 valence electrons. The molecule has 3 heterocycles. The third-order valence-electron chi connectivity index (χ3n) is 3.96. The van der Waals surface area contributed by atoms with Gasteiger partial charge in [-0.15, -0.1) is 0 Å². The normalized spacial score (nSPS) is 24.6. The molecule has 0 aliphatic carbocycles. The molecule has 2 aromatic rings. The Balaban J connectivity index is 1.71. The SMILES string of the molecule is Cn1cc(-c2ccc3c(c2)OCC2OCCNC32)cn1. The van der Waals surface area contributed by atoms with Crippen LogP contribution in [0.3, 0.4) is 0 Å². The fraction of sp³-hybridized carbons (Fsp3) is 0.400. The molecule has 2 aliphatic heterocycles. The largest absolute Gasteiger partial charge is 0.490 e. The maximum Gasteiger partial charge on any atom is 0.124 e. The van der Waals surface area contributed by atoms with Crippen LogP contribution in [0.5, 0.6) is 5.75 Å². The van der Waals surface area contributed by atoms with Crippen LogP contribution in [0.25, 0.3) is 11.1 Å². The quantitative estimate of drug-likeness (QED) is 0.854. The van der Waals surface area contributed by atoms with Gasteiger partial charge in [0.2, 0.25) is 0 Å². The lowest BCUT2D eigenvalue weighted by Gasteiger charge is -2.37. The molecule has 2 atom stereocenters. The first-order valence-corrected chi connectivity index (χ1v) is 6.92. The zero-order valence-electron chi connectivity index (χ0n) is 11.4. The molecule has 0 spiro atoms. The van der Waals surface area contributed by atoms with Crippen LogP contribution in [-0.4, -0.2) is 35.6 Å². The van der Waals surface area contributed by atoms with Crippen LogP contribution in [0.4, 0.5) is 0 Å². The van der Waals surface area contributed by atoms with Crippen LogP contribution >= 0.6 is 0 Å². The molecule has 1 N–H and O–H groups in total. The number of hydrogen-bond donors (Lipinski definition) is 1. The van der Waals surface area contributed by atoms with Gasteiger partial charge in [0.05, 0.1) is 18.8 Å². The minimum atomic E-state index is 0.125. The molecule has 0 amide bonds. The van der Waals surface area contributed by atoms with E-state index in [2.05, 4.69) is 28.6 Å². The number of nitrogens with zero attached hydrogens (tertiary/aromatic N) is 2. The molecule has 1 saturated heterocycles. The zero-order valence-corrected chi connectivity index (χ0v) is 11.4. The maximum atomic E-state index is 5.87. The van der Waals surface area contributed by atoms with Crippen molar-refractivity contribution in [1.82, 2.24) is 15.1 Å². The second-order valence-electron chi connectivity index (χ2n) is 5.31. The van der Waals surface area contributed by atoms with Crippen molar-refractivity contribution in [1.29, 1.82) is 0 Å². The summed E-state index contributed by atoms with van der Waals surface area (Å²) in [6.45, 7) is 2.26. The molecule has 1 aromatic heterocycles. The van der Waals surface area contributed by atoms with Gasteiger partial charge in [-0.2, -0.15) is 5.10 Å². The lowest BCUT2D eigenvalue weighted by molar-refractivity contribution is -0.0407. The van der Waals surface area contributed by atoms with Crippen LogP contribution < -0.4 is 10.1 Å². The van der Waals surface area contributed by atoms with E-state index in [0.29, 0.717) is 6.61 Å². The molecular weight excluding hydrogens is 254 g/mol. The molecule has 5 heteroatoms. The van der Waals surface area contributed by atoms with Crippen molar-refractivity contribution in [2.24, 2.45) is 7.05 Å². The minimum Gasteiger partial charge on any atom is -0.490 e. The van der Waals surface area contributed by atoms with E-state index in [1.54, 1.807) is 0 Å². The van der Waals surface area contributed by atoms with Crippen molar-refractivity contribution in [3.63, 3.8) is 0 Å². The average molecular weight is 271 g/mol. The predicted octanol–water partition coefficient (Wildman–Crippen LogP) is 1.51. The molecule has 0 radical (unpaired) electrons. The molecule has 0 bridgehead atoms. The zero-order chi connectivity index (χ0) is 13.5. The Morgan fingerprint density at radius 1 is 1.35 bits per heavy atom. The Morgan fingerprint density at radius 3 is 3.15 bits per heavy atom. The molecule has 2 aliphatic rings. The van der Waals surface area contributed by atoms with Crippen LogP contribution in [0.2, 0.25) is 0 Å². The van der Waals surface area contributed by atoms with Crippen molar-refractivity contribution < 1.29 is 9.47 Å². The van der Waals surface area contributed by atoms with Crippen LogP contribution in [0.15, 0.2) is 30.6 Å². The highest BCUT2D eigenvalue weighted by Gasteiger charge is 2.33. The third kappa shape index (κ3) is 1.90. The van der Waals surface area contributed by atoms with Crippen molar-refractivity contribution in [3.05, 3.63) is 36.2 Å². The van der Waals surface area contributed by atoms with Crippen molar-refractivity contribution in [2.45, 2.75) is 12.1 Å². The molecule has 1 fully saturated rings. The van der Waals surface area contributed by atoms with Gasteiger partial charge in [-0.3, -0.25) is 4.68 Å². The lowest BCUT2D eigenvalue weighted by atomic mass is 9.95. The van der Waals surface area contributed by atoms with Crippen molar-refractivity contribution in [3.8, 4) is 16.9 Å². The van der Waals surface area contributed by atoms with E-state index in [1.807, 2.05) is 24.1 Å². The summed E-state index contributed by atoms with van der Waals surface area (Å²) in [6, 6.07) is 6.60. The second-order valence-corrected chi connectivity index (χ2v) is 5.31. The molecule has 5 nitrogen and oxygen atoms in total. The fourth-order valence-electron chi connectivity index (χ4n) is 2.95. The van der Waals surface area contributed by atoms with Gasteiger partial charge in [-0.05, 0) is 11.6 Å². The smallest absolute Gasteiger partial charge is 0.124 e. The van der Waals surface area contributed by atoms with Gasteiger partial charge in [-0.1, -0.05) is 12.1 Å². The summed E-state index contributed by atoms with van der Waals surface area (Å²) in [4.78, 5) is 0. The van der Waals surface area contributed by atoms with Crippen LogP contribution in [-0.2, 0) is 11.8 Å². The molecule has 2 unspecified atom stereocenters. The third-order valence-corrected chi connectivity index (χ3v) is 3.96. The number of aromatic nitrogens is 2. The molecule has 20 heavy (non-hydrogen) atoms. The van der Waals surface area contributed by atoms with Crippen LogP contribution in [0, 0.1) is 0 Å². The number of nitrogens with one attached hydrogen (secondary N) is 1.